The third-order valence-corrected chi connectivity index (χ3v) is 7.39. The highest BCUT2D eigenvalue weighted by Gasteiger charge is 2.53. The van der Waals surface area contributed by atoms with E-state index in [1.807, 2.05) is 30.3 Å². The van der Waals surface area contributed by atoms with Gasteiger partial charge in [0, 0.05) is 31.3 Å². The van der Waals surface area contributed by atoms with Crippen molar-refractivity contribution >= 4 is 28.2 Å². The van der Waals surface area contributed by atoms with Crippen LogP contribution in [-0.4, -0.2) is 49.4 Å². The van der Waals surface area contributed by atoms with Gasteiger partial charge in [0.25, 0.3) is 0 Å². The van der Waals surface area contributed by atoms with Crippen molar-refractivity contribution in [1.82, 2.24) is 4.90 Å². The lowest BCUT2D eigenvalue weighted by molar-refractivity contribution is -0.132. The third-order valence-electron chi connectivity index (χ3n) is 5.39. The summed E-state index contributed by atoms with van der Waals surface area (Å²) >= 11 is 0. The summed E-state index contributed by atoms with van der Waals surface area (Å²) in [5.41, 5.74) is 7.35. The minimum Gasteiger partial charge on any atom is -0.339 e. The molecular weight excluding hydrogens is 348 g/mol. The first-order valence-electron chi connectivity index (χ1n) is 8.15. The molecule has 2 atom stereocenters. The molecule has 1 heterocycles. The zero-order chi connectivity index (χ0) is 16.7. The van der Waals surface area contributed by atoms with Crippen molar-refractivity contribution in [2.75, 3.05) is 19.3 Å². The predicted molar refractivity (Wildman–Crippen MR) is 97.0 cm³/mol. The topological polar surface area (TPSA) is 80.5 Å². The fourth-order valence-corrected chi connectivity index (χ4v) is 5.50. The van der Waals surface area contributed by atoms with E-state index < -0.39 is 14.6 Å². The van der Waals surface area contributed by atoms with Crippen LogP contribution in [0, 0.1) is 0 Å². The van der Waals surface area contributed by atoms with Gasteiger partial charge in [-0.15, -0.1) is 12.4 Å². The molecule has 7 heteroatoms. The molecule has 0 radical (unpaired) electrons. The number of hydrogen-bond acceptors (Lipinski definition) is 4. The molecule has 0 spiro atoms. The van der Waals surface area contributed by atoms with E-state index in [-0.39, 0.29) is 30.3 Å². The Balaban J connectivity index is 0.00000208. The molecule has 5 nitrogen and oxygen atoms in total. The molecule has 1 aliphatic carbocycles. The normalized spacial score (nSPS) is 26.2. The Hall–Kier alpha value is -1.11. The highest BCUT2D eigenvalue weighted by atomic mass is 35.5. The lowest BCUT2D eigenvalue weighted by atomic mass is 9.95. The number of halogens is 1. The average Bonchev–Trinajstić information content (AvgIpc) is 3.14. The molecule has 0 aromatic heterocycles. The number of hydrogen-bond donors (Lipinski definition) is 1. The van der Waals surface area contributed by atoms with Gasteiger partial charge in [0.15, 0.2) is 14.6 Å². The van der Waals surface area contributed by atoms with Crippen LogP contribution in [-0.2, 0) is 14.6 Å². The van der Waals surface area contributed by atoms with Crippen LogP contribution in [0.1, 0.15) is 37.2 Å². The monoisotopic (exact) mass is 372 g/mol. The van der Waals surface area contributed by atoms with Gasteiger partial charge in [0.05, 0.1) is 0 Å². The Morgan fingerprint density at radius 2 is 1.75 bits per heavy atom. The van der Waals surface area contributed by atoms with Crippen LogP contribution in [0.2, 0.25) is 0 Å². The number of carbonyl (C=O) groups is 1. The van der Waals surface area contributed by atoms with Gasteiger partial charge in [-0.3, -0.25) is 4.79 Å². The number of amides is 1. The standard InChI is InChI=1S/C17H24N2O3S.ClH/c1-23(21,22)17(9-5-6-10-17)16(20)19-11-14(15(18)12-19)13-7-3-2-4-8-13;/h2-4,7-8,14-15H,5-6,9-12,18H2,1H3;1H/t14-,15+;/m0./s1. The lowest BCUT2D eigenvalue weighted by Crippen LogP contribution is -2.51. The van der Waals surface area contributed by atoms with Crippen LogP contribution in [0.4, 0.5) is 0 Å². The third kappa shape index (κ3) is 3.19. The predicted octanol–water partition coefficient (Wildman–Crippen LogP) is 1.72. The Morgan fingerprint density at radius 3 is 2.29 bits per heavy atom. The van der Waals surface area contributed by atoms with E-state index in [1.165, 1.54) is 6.26 Å². The second-order valence-electron chi connectivity index (χ2n) is 6.86. The molecule has 3 rings (SSSR count). The highest BCUT2D eigenvalue weighted by Crippen LogP contribution is 2.40. The molecule has 1 aromatic rings. The molecule has 1 amide bonds. The Labute approximate surface area is 149 Å². The molecular formula is C17H25ClN2O3S. The molecule has 0 unspecified atom stereocenters. The minimum atomic E-state index is -3.43. The van der Waals surface area contributed by atoms with Crippen molar-refractivity contribution < 1.29 is 13.2 Å². The average molecular weight is 373 g/mol. The van der Waals surface area contributed by atoms with Gasteiger partial charge in [-0.2, -0.15) is 0 Å². The van der Waals surface area contributed by atoms with Crippen molar-refractivity contribution in [2.24, 2.45) is 5.73 Å². The van der Waals surface area contributed by atoms with Crippen LogP contribution < -0.4 is 5.73 Å². The molecule has 1 saturated carbocycles. The van der Waals surface area contributed by atoms with E-state index in [0.29, 0.717) is 25.9 Å². The summed E-state index contributed by atoms with van der Waals surface area (Å²) in [5.74, 6) is -0.176. The number of nitrogens with two attached hydrogens (primary N) is 1. The van der Waals surface area contributed by atoms with Crippen LogP contribution in [0.25, 0.3) is 0 Å². The summed E-state index contributed by atoms with van der Waals surface area (Å²) in [4.78, 5) is 14.7. The van der Waals surface area contributed by atoms with Crippen molar-refractivity contribution in [1.29, 1.82) is 0 Å². The highest BCUT2D eigenvalue weighted by molar-refractivity contribution is 7.92. The fraction of sp³-hybridized carbons (Fsp3) is 0.588. The quantitative estimate of drug-likeness (QED) is 0.875. The van der Waals surface area contributed by atoms with Crippen LogP contribution >= 0.6 is 12.4 Å². The first-order valence-corrected chi connectivity index (χ1v) is 10.0. The Bertz CT molecular complexity index is 687. The maximum Gasteiger partial charge on any atom is 0.244 e. The molecule has 2 aliphatic rings. The van der Waals surface area contributed by atoms with E-state index in [9.17, 15) is 13.2 Å². The minimum absolute atomic E-state index is 0. The van der Waals surface area contributed by atoms with Gasteiger partial charge < -0.3 is 10.6 Å². The van der Waals surface area contributed by atoms with Crippen molar-refractivity contribution in [3.8, 4) is 0 Å². The van der Waals surface area contributed by atoms with Crippen LogP contribution in [0.3, 0.4) is 0 Å². The number of benzene rings is 1. The summed E-state index contributed by atoms with van der Waals surface area (Å²) in [7, 11) is -3.43. The molecule has 24 heavy (non-hydrogen) atoms. The van der Waals surface area contributed by atoms with Gasteiger partial charge >= 0.3 is 0 Å². The second-order valence-corrected chi connectivity index (χ2v) is 9.19. The van der Waals surface area contributed by atoms with Gasteiger partial charge in [-0.25, -0.2) is 8.42 Å². The van der Waals surface area contributed by atoms with Crippen LogP contribution in [0.5, 0.6) is 0 Å². The first kappa shape index (κ1) is 19.2. The van der Waals surface area contributed by atoms with Gasteiger partial charge in [0.1, 0.15) is 0 Å². The maximum atomic E-state index is 13.0. The molecule has 1 aliphatic heterocycles. The van der Waals surface area contributed by atoms with E-state index in [1.54, 1.807) is 4.90 Å². The summed E-state index contributed by atoms with van der Waals surface area (Å²) in [6, 6.07) is 9.74. The number of sulfone groups is 1. The first-order chi connectivity index (χ1) is 10.8. The molecule has 1 saturated heterocycles. The van der Waals surface area contributed by atoms with Gasteiger partial charge in [-0.05, 0) is 18.4 Å². The summed E-state index contributed by atoms with van der Waals surface area (Å²) in [6.07, 6.45) is 3.65. The van der Waals surface area contributed by atoms with Crippen molar-refractivity contribution in [3.05, 3.63) is 35.9 Å². The summed E-state index contributed by atoms with van der Waals surface area (Å²) in [6.45, 7) is 0.928. The SMILES string of the molecule is CS(=O)(=O)C1(C(=O)N2C[C@@H](N)[C@H](c3ccccc3)C2)CCCC1.Cl. The maximum absolute atomic E-state index is 13.0. The second kappa shape index (κ2) is 7.02. The van der Waals surface area contributed by atoms with Crippen molar-refractivity contribution in [3.63, 3.8) is 0 Å². The largest absolute Gasteiger partial charge is 0.339 e. The lowest BCUT2D eigenvalue weighted by Gasteiger charge is -2.30. The molecule has 2 N–H and O–H groups in total. The van der Waals surface area contributed by atoms with Gasteiger partial charge in [-0.1, -0.05) is 43.2 Å². The molecule has 134 valence electrons. The number of likely N-dealkylation sites (tertiary alicyclic amines) is 1. The Kier molecular flexibility index (Phi) is 5.62. The summed E-state index contributed by atoms with van der Waals surface area (Å²) in [5, 5.41) is 0. The zero-order valence-corrected chi connectivity index (χ0v) is 15.5. The van der Waals surface area contributed by atoms with E-state index >= 15 is 0 Å². The van der Waals surface area contributed by atoms with Crippen LogP contribution in [0.15, 0.2) is 30.3 Å². The molecule has 1 aromatic carbocycles. The summed E-state index contributed by atoms with van der Waals surface area (Å²) < 4.78 is 23.4. The smallest absolute Gasteiger partial charge is 0.244 e. The Morgan fingerprint density at radius 1 is 1.17 bits per heavy atom. The fourth-order valence-electron chi connectivity index (χ4n) is 4.03. The van der Waals surface area contributed by atoms with Crippen molar-refractivity contribution in [2.45, 2.75) is 42.4 Å². The van der Waals surface area contributed by atoms with E-state index in [4.69, 9.17) is 5.73 Å². The van der Waals surface area contributed by atoms with E-state index in [0.717, 1.165) is 18.4 Å². The molecule has 2 fully saturated rings. The number of carbonyl (C=O) groups excluding carboxylic acids is 1. The molecule has 0 bridgehead atoms. The van der Waals surface area contributed by atoms with E-state index in [2.05, 4.69) is 0 Å². The van der Waals surface area contributed by atoms with Gasteiger partial charge in [0.2, 0.25) is 5.91 Å². The number of rotatable bonds is 3. The zero-order valence-electron chi connectivity index (χ0n) is 13.8. The number of nitrogens with zero attached hydrogens (tertiary/aromatic N) is 1.